The molecule has 1 heterocycles. The van der Waals surface area contributed by atoms with E-state index in [-0.39, 0.29) is 24.8 Å². The SMILES string of the molecule is CCOC(=O)C[C@H](N)c1cc2ccccc2nc1Cl.Cl. The number of halogens is 2. The summed E-state index contributed by atoms with van der Waals surface area (Å²) >= 11 is 6.12. The number of esters is 1. The Morgan fingerprint density at radius 1 is 1.45 bits per heavy atom. The number of rotatable bonds is 4. The Balaban J connectivity index is 0.00000200. The molecular formula is C14H16Cl2N2O2. The van der Waals surface area contributed by atoms with Crippen LogP contribution < -0.4 is 5.73 Å². The molecule has 0 aliphatic heterocycles. The zero-order chi connectivity index (χ0) is 13.8. The first-order valence-electron chi connectivity index (χ1n) is 6.08. The Bertz CT molecular complexity index is 605. The van der Waals surface area contributed by atoms with Crippen molar-refractivity contribution in [2.75, 3.05) is 6.61 Å². The molecule has 0 saturated heterocycles. The fourth-order valence-electron chi connectivity index (χ4n) is 1.88. The summed E-state index contributed by atoms with van der Waals surface area (Å²) in [7, 11) is 0. The summed E-state index contributed by atoms with van der Waals surface area (Å²) in [5.41, 5.74) is 7.46. The summed E-state index contributed by atoms with van der Waals surface area (Å²) < 4.78 is 4.88. The average Bonchev–Trinajstić information content (AvgIpc) is 2.38. The molecule has 1 aromatic heterocycles. The normalized spacial score (nSPS) is 11.8. The predicted octanol–water partition coefficient (Wildman–Crippen LogP) is 3.26. The minimum absolute atomic E-state index is 0. The number of nitrogens with two attached hydrogens (primary N) is 1. The molecule has 0 unspecified atom stereocenters. The molecule has 20 heavy (non-hydrogen) atoms. The van der Waals surface area contributed by atoms with Crippen molar-refractivity contribution in [1.82, 2.24) is 4.98 Å². The Morgan fingerprint density at radius 3 is 2.85 bits per heavy atom. The lowest BCUT2D eigenvalue weighted by Crippen LogP contribution is -2.18. The number of hydrogen-bond donors (Lipinski definition) is 1. The number of fused-ring (bicyclic) bond motifs is 1. The third kappa shape index (κ3) is 3.82. The molecule has 0 aliphatic rings. The van der Waals surface area contributed by atoms with Crippen LogP contribution in [0.2, 0.25) is 5.15 Å². The zero-order valence-corrected chi connectivity index (χ0v) is 12.6. The maximum Gasteiger partial charge on any atom is 0.307 e. The van der Waals surface area contributed by atoms with Crippen molar-refractivity contribution in [2.24, 2.45) is 5.73 Å². The van der Waals surface area contributed by atoms with Crippen LogP contribution in [0.25, 0.3) is 10.9 Å². The van der Waals surface area contributed by atoms with Gasteiger partial charge < -0.3 is 10.5 Å². The zero-order valence-electron chi connectivity index (χ0n) is 11.0. The highest BCUT2D eigenvalue weighted by atomic mass is 35.5. The van der Waals surface area contributed by atoms with E-state index in [1.54, 1.807) is 6.92 Å². The van der Waals surface area contributed by atoms with E-state index in [0.29, 0.717) is 17.3 Å². The van der Waals surface area contributed by atoms with Crippen LogP contribution in [-0.4, -0.2) is 17.6 Å². The number of hydrogen-bond acceptors (Lipinski definition) is 4. The molecule has 0 spiro atoms. The van der Waals surface area contributed by atoms with Crippen molar-refractivity contribution in [3.8, 4) is 0 Å². The first-order chi connectivity index (χ1) is 9.11. The van der Waals surface area contributed by atoms with Crippen LogP contribution in [0.5, 0.6) is 0 Å². The minimum atomic E-state index is -0.511. The highest BCUT2D eigenvalue weighted by Crippen LogP contribution is 2.26. The lowest BCUT2D eigenvalue weighted by atomic mass is 10.0. The van der Waals surface area contributed by atoms with E-state index in [0.717, 1.165) is 10.9 Å². The smallest absolute Gasteiger partial charge is 0.307 e. The molecule has 0 radical (unpaired) electrons. The first-order valence-corrected chi connectivity index (χ1v) is 6.46. The van der Waals surface area contributed by atoms with Gasteiger partial charge in [0.05, 0.1) is 18.5 Å². The van der Waals surface area contributed by atoms with Crippen LogP contribution in [0, 0.1) is 0 Å². The molecule has 6 heteroatoms. The molecule has 0 fully saturated rings. The highest BCUT2D eigenvalue weighted by Gasteiger charge is 2.16. The summed E-state index contributed by atoms with van der Waals surface area (Å²) in [5.74, 6) is -0.334. The van der Waals surface area contributed by atoms with E-state index in [1.807, 2.05) is 30.3 Å². The molecule has 0 bridgehead atoms. The number of nitrogens with zero attached hydrogens (tertiary/aromatic N) is 1. The van der Waals surface area contributed by atoms with Gasteiger partial charge in [0, 0.05) is 17.0 Å². The van der Waals surface area contributed by atoms with Crippen molar-refractivity contribution in [3.05, 3.63) is 41.0 Å². The maximum absolute atomic E-state index is 11.4. The Morgan fingerprint density at radius 2 is 2.15 bits per heavy atom. The van der Waals surface area contributed by atoms with E-state index in [9.17, 15) is 4.79 Å². The van der Waals surface area contributed by atoms with Gasteiger partial charge in [-0.3, -0.25) is 4.79 Å². The molecular weight excluding hydrogens is 299 g/mol. The second-order valence-electron chi connectivity index (χ2n) is 4.18. The van der Waals surface area contributed by atoms with Gasteiger partial charge in [0.15, 0.2) is 0 Å². The molecule has 2 N–H and O–H groups in total. The molecule has 0 amide bonds. The number of para-hydroxylation sites is 1. The molecule has 4 nitrogen and oxygen atoms in total. The largest absolute Gasteiger partial charge is 0.466 e. The van der Waals surface area contributed by atoms with Crippen LogP contribution in [0.15, 0.2) is 30.3 Å². The standard InChI is InChI=1S/C14H15ClN2O2.ClH/c1-2-19-13(18)8-11(16)10-7-9-5-3-4-6-12(9)17-14(10)15;/h3-7,11H,2,8,16H2,1H3;1H/t11-;/m0./s1. The molecule has 0 aliphatic carbocycles. The monoisotopic (exact) mass is 314 g/mol. The van der Waals surface area contributed by atoms with E-state index in [4.69, 9.17) is 22.1 Å². The van der Waals surface area contributed by atoms with Crippen molar-refractivity contribution >= 4 is 40.9 Å². The van der Waals surface area contributed by atoms with Gasteiger partial charge in [0.2, 0.25) is 0 Å². The number of benzene rings is 1. The van der Waals surface area contributed by atoms with Gasteiger partial charge in [-0.05, 0) is 19.1 Å². The minimum Gasteiger partial charge on any atom is -0.466 e. The molecule has 108 valence electrons. The average molecular weight is 315 g/mol. The highest BCUT2D eigenvalue weighted by molar-refractivity contribution is 6.30. The number of aromatic nitrogens is 1. The molecule has 2 rings (SSSR count). The van der Waals surface area contributed by atoms with Gasteiger partial charge in [0.1, 0.15) is 5.15 Å². The Hall–Kier alpha value is -1.36. The van der Waals surface area contributed by atoms with Crippen LogP contribution in [0.1, 0.15) is 24.9 Å². The second-order valence-corrected chi connectivity index (χ2v) is 4.53. The summed E-state index contributed by atoms with van der Waals surface area (Å²) in [4.78, 5) is 15.7. The van der Waals surface area contributed by atoms with Crippen molar-refractivity contribution in [1.29, 1.82) is 0 Å². The first kappa shape index (κ1) is 16.7. The third-order valence-corrected chi connectivity index (χ3v) is 3.10. The van der Waals surface area contributed by atoms with Gasteiger partial charge in [-0.25, -0.2) is 4.98 Å². The van der Waals surface area contributed by atoms with E-state index in [2.05, 4.69) is 4.98 Å². The van der Waals surface area contributed by atoms with Crippen LogP contribution in [0.3, 0.4) is 0 Å². The molecule has 1 atom stereocenters. The van der Waals surface area contributed by atoms with Crippen molar-refractivity contribution in [2.45, 2.75) is 19.4 Å². The molecule has 1 aromatic carbocycles. The Kier molecular flexibility index (Phi) is 6.20. The topological polar surface area (TPSA) is 65.2 Å². The fourth-order valence-corrected chi connectivity index (χ4v) is 2.16. The van der Waals surface area contributed by atoms with Crippen LogP contribution in [-0.2, 0) is 9.53 Å². The van der Waals surface area contributed by atoms with Crippen LogP contribution in [0.4, 0.5) is 0 Å². The molecule has 2 aromatic rings. The van der Waals surface area contributed by atoms with E-state index < -0.39 is 6.04 Å². The molecule has 0 saturated carbocycles. The van der Waals surface area contributed by atoms with Crippen LogP contribution >= 0.6 is 24.0 Å². The number of carbonyl (C=O) groups is 1. The summed E-state index contributed by atoms with van der Waals surface area (Å²) in [6.07, 6.45) is 0.0909. The summed E-state index contributed by atoms with van der Waals surface area (Å²) in [6, 6.07) is 8.97. The van der Waals surface area contributed by atoms with Crippen molar-refractivity contribution < 1.29 is 9.53 Å². The van der Waals surface area contributed by atoms with Gasteiger partial charge in [0.25, 0.3) is 0 Å². The number of ether oxygens (including phenoxy) is 1. The second kappa shape index (κ2) is 7.43. The number of carbonyl (C=O) groups excluding carboxylic acids is 1. The summed E-state index contributed by atoms with van der Waals surface area (Å²) in [5, 5.41) is 1.27. The Labute approximate surface area is 128 Å². The fraction of sp³-hybridized carbons (Fsp3) is 0.286. The lowest BCUT2D eigenvalue weighted by Gasteiger charge is -2.13. The maximum atomic E-state index is 11.4. The lowest BCUT2D eigenvalue weighted by molar-refractivity contribution is -0.143. The summed E-state index contributed by atoms with van der Waals surface area (Å²) in [6.45, 7) is 2.10. The van der Waals surface area contributed by atoms with Gasteiger partial charge in [-0.15, -0.1) is 12.4 Å². The predicted molar refractivity (Wildman–Crippen MR) is 82.2 cm³/mol. The number of pyridine rings is 1. The van der Waals surface area contributed by atoms with Gasteiger partial charge in [-0.1, -0.05) is 29.8 Å². The quantitative estimate of drug-likeness (QED) is 0.695. The third-order valence-electron chi connectivity index (χ3n) is 2.80. The van der Waals surface area contributed by atoms with E-state index >= 15 is 0 Å². The van der Waals surface area contributed by atoms with E-state index in [1.165, 1.54) is 0 Å². The van der Waals surface area contributed by atoms with Gasteiger partial charge in [-0.2, -0.15) is 0 Å². The van der Waals surface area contributed by atoms with Crippen molar-refractivity contribution in [3.63, 3.8) is 0 Å². The van der Waals surface area contributed by atoms with Gasteiger partial charge >= 0.3 is 5.97 Å².